The number of halogens is 3. The van der Waals surface area contributed by atoms with Crippen LogP contribution in [0, 0.1) is 5.82 Å². The molecule has 30 heavy (non-hydrogen) atoms. The van der Waals surface area contributed by atoms with Gasteiger partial charge in [-0.3, -0.25) is 9.79 Å². The van der Waals surface area contributed by atoms with Crippen LogP contribution in [-0.2, 0) is 0 Å². The zero-order valence-electron chi connectivity index (χ0n) is 15.3. The van der Waals surface area contributed by atoms with Crippen LogP contribution in [0.1, 0.15) is 15.9 Å². The standard InChI is InChI=1S/C22H13Cl2FN2OS2/c23-17-2-1-3-18(24)16(17)11-26-15-8-9-19-21(10-15)30-22(27-19)29-12-20(28)13-4-6-14(25)7-5-13/h1-11H,12H2. The van der Waals surface area contributed by atoms with Gasteiger partial charge in [0.2, 0.25) is 0 Å². The minimum atomic E-state index is -0.361. The topological polar surface area (TPSA) is 42.3 Å². The van der Waals surface area contributed by atoms with E-state index in [0.29, 0.717) is 21.2 Å². The molecule has 0 aliphatic rings. The molecule has 3 aromatic carbocycles. The number of hydrogen-bond acceptors (Lipinski definition) is 5. The first-order valence-corrected chi connectivity index (χ1v) is 11.4. The number of nitrogens with zero attached hydrogens (tertiary/aromatic N) is 2. The second kappa shape index (κ2) is 9.27. The first-order valence-electron chi connectivity index (χ1n) is 8.80. The maximum absolute atomic E-state index is 13.0. The van der Waals surface area contributed by atoms with Crippen LogP contribution in [0.2, 0.25) is 10.0 Å². The summed E-state index contributed by atoms with van der Waals surface area (Å²) in [6, 6.07) is 16.5. The predicted molar refractivity (Wildman–Crippen MR) is 125 cm³/mol. The molecule has 0 spiro atoms. The summed E-state index contributed by atoms with van der Waals surface area (Å²) in [6.45, 7) is 0. The van der Waals surface area contributed by atoms with E-state index in [9.17, 15) is 9.18 Å². The summed E-state index contributed by atoms with van der Waals surface area (Å²) in [5, 5.41) is 1.07. The van der Waals surface area contributed by atoms with Crippen molar-refractivity contribution in [2.75, 3.05) is 5.75 Å². The van der Waals surface area contributed by atoms with E-state index in [0.717, 1.165) is 20.2 Å². The predicted octanol–water partition coefficient (Wildman–Crippen LogP) is 7.47. The SMILES string of the molecule is O=C(CSc1nc2ccc(N=Cc3c(Cl)cccc3Cl)cc2s1)c1ccc(F)cc1. The van der Waals surface area contributed by atoms with Gasteiger partial charge in [-0.25, -0.2) is 9.37 Å². The number of carbonyl (C=O) groups is 1. The van der Waals surface area contributed by atoms with Gasteiger partial charge in [-0.05, 0) is 54.6 Å². The molecule has 0 fully saturated rings. The Morgan fingerprint density at radius 3 is 2.57 bits per heavy atom. The molecule has 0 atom stereocenters. The average molecular weight is 475 g/mol. The van der Waals surface area contributed by atoms with Crippen molar-refractivity contribution < 1.29 is 9.18 Å². The molecule has 0 saturated carbocycles. The largest absolute Gasteiger partial charge is 0.293 e. The number of ketones is 1. The highest BCUT2D eigenvalue weighted by atomic mass is 35.5. The van der Waals surface area contributed by atoms with Crippen LogP contribution >= 0.6 is 46.3 Å². The summed E-state index contributed by atoms with van der Waals surface area (Å²) in [6.07, 6.45) is 1.64. The molecule has 0 radical (unpaired) electrons. The van der Waals surface area contributed by atoms with Crippen molar-refractivity contribution in [3.05, 3.63) is 87.7 Å². The molecule has 0 bridgehead atoms. The Balaban J connectivity index is 1.48. The highest BCUT2D eigenvalue weighted by Crippen LogP contribution is 2.32. The summed E-state index contributed by atoms with van der Waals surface area (Å²) in [5.41, 5.74) is 2.74. The normalized spacial score (nSPS) is 11.4. The lowest BCUT2D eigenvalue weighted by Crippen LogP contribution is -2.01. The highest BCUT2D eigenvalue weighted by Gasteiger charge is 2.10. The minimum Gasteiger partial charge on any atom is -0.293 e. The Morgan fingerprint density at radius 2 is 1.83 bits per heavy atom. The Bertz CT molecular complexity index is 1240. The van der Waals surface area contributed by atoms with Gasteiger partial charge in [0.25, 0.3) is 0 Å². The molecule has 0 aliphatic heterocycles. The lowest BCUT2D eigenvalue weighted by Gasteiger charge is -2.00. The fourth-order valence-electron chi connectivity index (χ4n) is 2.65. The van der Waals surface area contributed by atoms with Crippen LogP contribution in [0.4, 0.5) is 10.1 Å². The first kappa shape index (κ1) is 21.0. The molecule has 1 heterocycles. The van der Waals surface area contributed by atoms with Crippen LogP contribution in [-0.4, -0.2) is 22.7 Å². The molecule has 0 N–H and O–H groups in total. The number of aromatic nitrogens is 1. The summed E-state index contributed by atoms with van der Waals surface area (Å²) in [5.74, 6) is -0.191. The van der Waals surface area contributed by atoms with Crippen LogP contribution in [0.25, 0.3) is 10.2 Å². The van der Waals surface area contributed by atoms with Gasteiger partial charge in [-0.2, -0.15) is 0 Å². The molecule has 150 valence electrons. The van der Waals surface area contributed by atoms with Gasteiger partial charge in [0.15, 0.2) is 10.1 Å². The molecular formula is C22H13Cl2FN2OS2. The van der Waals surface area contributed by atoms with E-state index in [1.165, 1.54) is 47.4 Å². The third-order valence-electron chi connectivity index (χ3n) is 4.19. The van der Waals surface area contributed by atoms with E-state index >= 15 is 0 Å². The van der Waals surface area contributed by atoms with E-state index < -0.39 is 0 Å². The Morgan fingerprint density at radius 1 is 1.10 bits per heavy atom. The van der Waals surface area contributed by atoms with Gasteiger partial charge in [-0.1, -0.05) is 41.0 Å². The van der Waals surface area contributed by atoms with Crippen molar-refractivity contribution >= 4 is 74.2 Å². The molecule has 0 saturated heterocycles. The quantitative estimate of drug-likeness (QED) is 0.165. The number of rotatable bonds is 6. The molecule has 0 aliphatic carbocycles. The van der Waals surface area contributed by atoms with E-state index in [4.69, 9.17) is 23.2 Å². The van der Waals surface area contributed by atoms with Crippen molar-refractivity contribution in [3.8, 4) is 0 Å². The third kappa shape index (κ3) is 4.90. The van der Waals surface area contributed by atoms with Gasteiger partial charge in [-0.15, -0.1) is 11.3 Å². The molecule has 4 rings (SSSR count). The van der Waals surface area contributed by atoms with Crippen molar-refractivity contribution in [1.29, 1.82) is 0 Å². The summed E-state index contributed by atoms with van der Waals surface area (Å²) >= 11 is 15.2. The maximum Gasteiger partial charge on any atom is 0.173 e. The minimum absolute atomic E-state index is 0.0684. The second-order valence-electron chi connectivity index (χ2n) is 6.24. The van der Waals surface area contributed by atoms with E-state index in [-0.39, 0.29) is 17.4 Å². The van der Waals surface area contributed by atoms with Crippen molar-refractivity contribution in [3.63, 3.8) is 0 Å². The van der Waals surface area contributed by atoms with E-state index in [1.54, 1.807) is 24.4 Å². The monoisotopic (exact) mass is 474 g/mol. The van der Waals surface area contributed by atoms with Gasteiger partial charge in [0, 0.05) is 17.3 Å². The highest BCUT2D eigenvalue weighted by molar-refractivity contribution is 8.01. The lowest BCUT2D eigenvalue weighted by molar-refractivity contribution is 0.102. The van der Waals surface area contributed by atoms with E-state index in [1.807, 2.05) is 18.2 Å². The number of fused-ring (bicyclic) bond motifs is 1. The third-order valence-corrected chi connectivity index (χ3v) is 7.01. The number of thioether (sulfide) groups is 1. The first-order chi connectivity index (χ1) is 14.5. The van der Waals surface area contributed by atoms with Gasteiger partial charge >= 0.3 is 0 Å². The number of thiazole rings is 1. The molecule has 8 heteroatoms. The number of hydrogen-bond donors (Lipinski definition) is 0. The number of Topliss-reactive ketones (excluding diaryl/α,β-unsaturated/α-hetero) is 1. The van der Waals surface area contributed by atoms with Crippen LogP contribution < -0.4 is 0 Å². The summed E-state index contributed by atoms with van der Waals surface area (Å²) < 4.78 is 14.7. The summed E-state index contributed by atoms with van der Waals surface area (Å²) in [7, 11) is 0. The molecule has 0 unspecified atom stereocenters. The number of carbonyl (C=O) groups excluding carboxylic acids is 1. The Hall–Kier alpha value is -2.25. The zero-order chi connectivity index (χ0) is 21.1. The zero-order valence-corrected chi connectivity index (χ0v) is 18.5. The molecule has 4 aromatic rings. The molecular weight excluding hydrogens is 462 g/mol. The lowest BCUT2D eigenvalue weighted by atomic mass is 10.1. The maximum atomic E-state index is 13.0. The molecule has 3 nitrogen and oxygen atoms in total. The smallest absolute Gasteiger partial charge is 0.173 e. The van der Waals surface area contributed by atoms with Crippen LogP contribution in [0.15, 0.2) is 70.0 Å². The number of aliphatic imine (C=N–C) groups is 1. The van der Waals surface area contributed by atoms with Crippen molar-refractivity contribution in [2.45, 2.75) is 4.34 Å². The van der Waals surface area contributed by atoms with Gasteiger partial charge < -0.3 is 0 Å². The Labute approximate surface area is 190 Å². The van der Waals surface area contributed by atoms with Crippen LogP contribution in [0.3, 0.4) is 0 Å². The number of benzene rings is 3. The van der Waals surface area contributed by atoms with E-state index in [2.05, 4.69) is 9.98 Å². The van der Waals surface area contributed by atoms with Gasteiger partial charge in [0.05, 0.1) is 31.7 Å². The molecule has 1 aromatic heterocycles. The van der Waals surface area contributed by atoms with Crippen molar-refractivity contribution in [2.24, 2.45) is 4.99 Å². The van der Waals surface area contributed by atoms with Crippen LogP contribution in [0.5, 0.6) is 0 Å². The average Bonchev–Trinajstić information content (AvgIpc) is 3.14. The Kier molecular flexibility index (Phi) is 6.49. The fraction of sp³-hybridized carbons (Fsp3) is 0.0455. The van der Waals surface area contributed by atoms with Crippen molar-refractivity contribution in [1.82, 2.24) is 4.98 Å². The van der Waals surface area contributed by atoms with Gasteiger partial charge in [0.1, 0.15) is 5.82 Å². The summed E-state index contributed by atoms with van der Waals surface area (Å²) in [4.78, 5) is 21.3. The fourth-order valence-corrected chi connectivity index (χ4v) is 5.14. The second-order valence-corrected chi connectivity index (χ2v) is 9.31. The molecule has 0 amide bonds.